The summed E-state index contributed by atoms with van der Waals surface area (Å²) in [6.07, 6.45) is 2.78. The van der Waals surface area contributed by atoms with Crippen LogP contribution >= 0.6 is 0 Å². The van der Waals surface area contributed by atoms with Crippen molar-refractivity contribution in [3.63, 3.8) is 0 Å². The standard InChI is InChI=1S/C23H30N6O2/c30-23(26-19-14-31-20-7-2-1-6-18(19)20)16-4-3-5-17(12-16)25-13-21-27-22(29-28-21)15-8-10-24-11-9-15/h1-7,12,15,19,21-22,24-25,27-29H,8-11,13-14H2,(H,26,30)/t19-,21?,22?/m0/s1. The van der Waals surface area contributed by atoms with Crippen molar-refractivity contribution in [3.8, 4) is 5.75 Å². The van der Waals surface area contributed by atoms with E-state index >= 15 is 0 Å². The van der Waals surface area contributed by atoms with Gasteiger partial charge in [0, 0.05) is 23.4 Å². The Morgan fingerprint density at radius 3 is 2.84 bits per heavy atom. The Morgan fingerprint density at radius 1 is 1.06 bits per heavy atom. The maximum atomic E-state index is 12.8. The van der Waals surface area contributed by atoms with Crippen LogP contribution in [0.3, 0.4) is 0 Å². The molecule has 2 aromatic rings. The zero-order valence-electron chi connectivity index (χ0n) is 17.5. The Morgan fingerprint density at radius 2 is 1.94 bits per heavy atom. The second-order valence-electron chi connectivity index (χ2n) is 8.41. The van der Waals surface area contributed by atoms with Gasteiger partial charge in [-0.05, 0) is 56.1 Å². The SMILES string of the molecule is O=C(N[C@H]1COc2ccccc21)c1cccc(NCC2NNC(C3CCNCC3)N2)c1. The van der Waals surface area contributed by atoms with Gasteiger partial charge in [-0.1, -0.05) is 24.3 Å². The van der Waals surface area contributed by atoms with Crippen LogP contribution in [0.4, 0.5) is 5.69 Å². The third-order valence-corrected chi connectivity index (χ3v) is 6.29. The van der Waals surface area contributed by atoms with Crippen LogP contribution in [0.2, 0.25) is 0 Å². The highest BCUT2D eigenvalue weighted by Gasteiger charge is 2.30. The largest absolute Gasteiger partial charge is 0.491 e. The second kappa shape index (κ2) is 9.23. The van der Waals surface area contributed by atoms with Crippen LogP contribution in [0, 0.1) is 5.92 Å². The van der Waals surface area contributed by atoms with Crippen LogP contribution in [0.25, 0.3) is 0 Å². The minimum atomic E-state index is -0.120. The van der Waals surface area contributed by atoms with Gasteiger partial charge in [0.05, 0.1) is 18.4 Å². The number of amides is 1. The lowest BCUT2D eigenvalue weighted by molar-refractivity contribution is 0.0930. The molecule has 0 aliphatic carbocycles. The van der Waals surface area contributed by atoms with Gasteiger partial charge in [-0.15, -0.1) is 0 Å². The van der Waals surface area contributed by atoms with E-state index in [0.717, 1.165) is 30.1 Å². The number of benzene rings is 2. The third-order valence-electron chi connectivity index (χ3n) is 6.29. The minimum Gasteiger partial charge on any atom is -0.491 e. The number of fused-ring (bicyclic) bond motifs is 1. The zero-order chi connectivity index (χ0) is 21.0. The molecule has 8 nitrogen and oxygen atoms in total. The Kier molecular flexibility index (Phi) is 6.04. The van der Waals surface area contributed by atoms with E-state index in [1.807, 2.05) is 48.5 Å². The third kappa shape index (κ3) is 4.67. The van der Waals surface area contributed by atoms with E-state index in [0.29, 0.717) is 30.8 Å². The molecule has 2 saturated heterocycles. The summed E-state index contributed by atoms with van der Waals surface area (Å²) in [7, 11) is 0. The molecule has 164 valence electrons. The second-order valence-corrected chi connectivity index (χ2v) is 8.41. The lowest BCUT2D eigenvalue weighted by atomic mass is 9.95. The van der Waals surface area contributed by atoms with Crippen LogP contribution in [-0.4, -0.2) is 44.5 Å². The minimum absolute atomic E-state index is 0.0984. The number of hydrogen-bond donors (Lipinski definition) is 6. The van der Waals surface area contributed by atoms with Gasteiger partial charge in [-0.25, -0.2) is 10.9 Å². The molecular weight excluding hydrogens is 392 g/mol. The summed E-state index contributed by atoms with van der Waals surface area (Å²) in [6.45, 7) is 3.35. The highest BCUT2D eigenvalue weighted by atomic mass is 16.5. The molecule has 8 heteroatoms. The Balaban J connectivity index is 1.14. The lowest BCUT2D eigenvalue weighted by Crippen LogP contribution is -2.45. The van der Waals surface area contributed by atoms with Gasteiger partial charge in [0.15, 0.2) is 0 Å². The van der Waals surface area contributed by atoms with Crippen molar-refractivity contribution in [1.29, 1.82) is 0 Å². The van der Waals surface area contributed by atoms with E-state index in [1.165, 1.54) is 12.8 Å². The Bertz CT molecular complexity index is 916. The topological polar surface area (TPSA) is 98.5 Å². The molecular formula is C23H30N6O2. The highest BCUT2D eigenvalue weighted by molar-refractivity contribution is 5.95. The van der Waals surface area contributed by atoms with Crippen LogP contribution in [-0.2, 0) is 0 Å². The van der Waals surface area contributed by atoms with Gasteiger partial charge in [-0.3, -0.25) is 10.1 Å². The molecule has 2 unspecified atom stereocenters. The van der Waals surface area contributed by atoms with Crippen LogP contribution in [0.5, 0.6) is 5.75 Å². The van der Waals surface area contributed by atoms with Crippen molar-refractivity contribution in [3.05, 3.63) is 59.7 Å². The first-order valence-corrected chi connectivity index (χ1v) is 11.1. The summed E-state index contributed by atoms with van der Waals surface area (Å²) in [6, 6.07) is 15.3. The maximum Gasteiger partial charge on any atom is 0.251 e. The maximum absolute atomic E-state index is 12.8. The van der Waals surface area contributed by atoms with Crippen LogP contribution < -0.4 is 36.9 Å². The molecule has 3 aliphatic rings. The number of para-hydroxylation sites is 1. The fourth-order valence-electron chi connectivity index (χ4n) is 4.55. The molecule has 0 spiro atoms. The number of carbonyl (C=O) groups excluding carboxylic acids is 1. The molecule has 0 bridgehead atoms. The molecule has 0 aromatic heterocycles. The number of anilines is 1. The van der Waals surface area contributed by atoms with Crippen molar-refractivity contribution < 1.29 is 9.53 Å². The van der Waals surface area contributed by atoms with Gasteiger partial charge < -0.3 is 20.7 Å². The van der Waals surface area contributed by atoms with E-state index in [4.69, 9.17) is 4.74 Å². The van der Waals surface area contributed by atoms with E-state index in [-0.39, 0.29) is 18.1 Å². The summed E-state index contributed by atoms with van der Waals surface area (Å²) in [4.78, 5) is 12.8. The van der Waals surface area contributed by atoms with Crippen molar-refractivity contribution in [1.82, 2.24) is 26.8 Å². The average molecular weight is 423 g/mol. The molecule has 1 amide bonds. The Hall–Kier alpha value is -2.65. The highest BCUT2D eigenvalue weighted by Crippen LogP contribution is 2.31. The van der Waals surface area contributed by atoms with Gasteiger partial charge in [-0.2, -0.15) is 0 Å². The molecule has 3 atom stereocenters. The average Bonchev–Trinajstić information content (AvgIpc) is 3.46. The fraction of sp³-hybridized carbons (Fsp3) is 0.435. The molecule has 31 heavy (non-hydrogen) atoms. The summed E-state index contributed by atoms with van der Waals surface area (Å²) < 4.78 is 5.67. The van der Waals surface area contributed by atoms with Gasteiger partial charge >= 0.3 is 0 Å². The van der Waals surface area contributed by atoms with Crippen molar-refractivity contribution in [2.24, 2.45) is 5.92 Å². The molecule has 2 aromatic carbocycles. The number of nitrogens with one attached hydrogen (secondary N) is 6. The molecule has 0 radical (unpaired) electrons. The normalized spacial score (nSPS) is 25.6. The lowest BCUT2D eigenvalue weighted by Gasteiger charge is -2.27. The van der Waals surface area contributed by atoms with Crippen molar-refractivity contribution in [2.45, 2.75) is 31.2 Å². The first-order chi connectivity index (χ1) is 15.3. The quantitative estimate of drug-likeness (QED) is 0.418. The Labute approximate surface area is 182 Å². The molecule has 3 aliphatic heterocycles. The summed E-state index contributed by atoms with van der Waals surface area (Å²) in [5, 5.41) is 13.5. The van der Waals surface area contributed by atoms with E-state index in [1.54, 1.807) is 0 Å². The van der Waals surface area contributed by atoms with E-state index < -0.39 is 0 Å². The summed E-state index contributed by atoms with van der Waals surface area (Å²) in [5.41, 5.74) is 9.30. The van der Waals surface area contributed by atoms with Gasteiger partial charge in [0.25, 0.3) is 5.91 Å². The number of rotatable bonds is 6. The van der Waals surface area contributed by atoms with E-state index in [2.05, 4.69) is 32.1 Å². The number of carbonyl (C=O) groups is 1. The van der Waals surface area contributed by atoms with E-state index in [9.17, 15) is 4.79 Å². The number of hydrogen-bond acceptors (Lipinski definition) is 7. The summed E-state index contributed by atoms with van der Waals surface area (Å²) >= 11 is 0. The molecule has 5 rings (SSSR count). The molecule has 6 N–H and O–H groups in total. The fourth-order valence-corrected chi connectivity index (χ4v) is 4.55. The van der Waals surface area contributed by atoms with Gasteiger partial charge in [0.1, 0.15) is 12.4 Å². The first-order valence-electron chi connectivity index (χ1n) is 11.1. The molecule has 0 saturated carbocycles. The zero-order valence-corrected chi connectivity index (χ0v) is 17.5. The molecule has 2 fully saturated rings. The monoisotopic (exact) mass is 422 g/mol. The summed E-state index contributed by atoms with van der Waals surface area (Å²) in [5.74, 6) is 1.38. The number of ether oxygens (including phenoxy) is 1. The first kappa shape index (κ1) is 20.3. The number of hydrazine groups is 1. The van der Waals surface area contributed by atoms with Crippen molar-refractivity contribution >= 4 is 11.6 Å². The van der Waals surface area contributed by atoms with Crippen LogP contribution in [0.15, 0.2) is 48.5 Å². The van der Waals surface area contributed by atoms with Crippen molar-refractivity contribution in [2.75, 3.05) is 31.6 Å². The number of piperidine rings is 1. The predicted octanol–water partition coefficient (Wildman–Crippen LogP) is 1.31. The van der Waals surface area contributed by atoms with Crippen LogP contribution in [0.1, 0.15) is 34.8 Å². The predicted molar refractivity (Wildman–Crippen MR) is 120 cm³/mol. The molecule has 3 heterocycles. The smallest absolute Gasteiger partial charge is 0.251 e. The van der Waals surface area contributed by atoms with Gasteiger partial charge in [0.2, 0.25) is 0 Å².